The number of hydrogen-bond acceptors (Lipinski definition) is 10. The van der Waals surface area contributed by atoms with Gasteiger partial charge in [0, 0.05) is 23.6 Å². The second-order valence-corrected chi connectivity index (χ2v) is 12.4. The topological polar surface area (TPSA) is 194 Å². The number of rotatable bonds is 8. The Bertz CT molecular complexity index is 1680. The highest BCUT2D eigenvalue weighted by Crippen LogP contribution is 2.53. The minimum absolute atomic E-state index is 0.0176. The molecule has 0 bridgehead atoms. The Morgan fingerprint density at radius 2 is 1.78 bits per heavy atom. The zero-order valence-electron chi connectivity index (χ0n) is 25.6. The molecule has 2 aromatic carbocycles. The molecule has 0 fully saturated rings. The van der Waals surface area contributed by atoms with Gasteiger partial charge in [-0.2, -0.15) is 0 Å². The summed E-state index contributed by atoms with van der Waals surface area (Å²) < 4.78 is 0. The maximum absolute atomic E-state index is 14.0. The van der Waals surface area contributed by atoms with Crippen LogP contribution in [0.3, 0.4) is 0 Å². The molecule has 7 N–H and O–H groups in total. The molecular weight excluding hydrogens is 580 g/mol. The minimum atomic E-state index is -2.70. The number of benzene rings is 2. The van der Waals surface area contributed by atoms with Crippen LogP contribution in [-0.4, -0.2) is 107 Å². The number of fused-ring (bicyclic) bond motifs is 3. The zero-order valence-corrected chi connectivity index (χ0v) is 25.6. The number of allylic oxidation sites excluding steroid dienone is 1. The van der Waals surface area contributed by atoms with Crippen LogP contribution in [0.25, 0.3) is 11.1 Å². The molecule has 3 aliphatic carbocycles. The summed E-state index contributed by atoms with van der Waals surface area (Å²) >= 11 is 0. The Labute approximate surface area is 260 Å². The Morgan fingerprint density at radius 1 is 1.07 bits per heavy atom. The van der Waals surface area contributed by atoms with Gasteiger partial charge >= 0.3 is 0 Å². The number of Topliss-reactive ketones (excluding diaryl/α,β-unsaturated/α-hetero) is 2. The number of amides is 2. The number of nitrogens with two attached hydrogens (primary N) is 1. The van der Waals surface area contributed by atoms with Gasteiger partial charge in [0.2, 0.25) is 5.78 Å². The molecule has 3 aliphatic rings. The van der Waals surface area contributed by atoms with Crippen molar-refractivity contribution in [3.8, 4) is 16.9 Å². The summed E-state index contributed by atoms with van der Waals surface area (Å²) in [6.07, 6.45) is 0.902. The first kappa shape index (κ1) is 31.9. The summed E-state index contributed by atoms with van der Waals surface area (Å²) in [5.74, 6) is -7.30. The van der Waals surface area contributed by atoms with Crippen molar-refractivity contribution in [2.24, 2.45) is 17.6 Å². The SMILES string of the molecule is CN(C)CCCNC(=O)c1cccc(-c2ccc(O)c3c2C[C@H]2C[C@H]4[C@@H](N(C)C)C(O)=C(C(N)=O)C(=O)[C@@]4(O)C(O)=C2C3=O)c1. The van der Waals surface area contributed by atoms with E-state index < -0.39 is 58.0 Å². The number of aromatic hydroxyl groups is 1. The second kappa shape index (κ2) is 11.8. The Balaban J connectivity index is 1.57. The van der Waals surface area contributed by atoms with Crippen LogP contribution in [0, 0.1) is 11.8 Å². The van der Waals surface area contributed by atoms with Crippen molar-refractivity contribution >= 4 is 23.4 Å². The van der Waals surface area contributed by atoms with Crippen molar-refractivity contribution < 1.29 is 39.6 Å². The van der Waals surface area contributed by atoms with Crippen molar-refractivity contribution in [1.29, 1.82) is 0 Å². The molecule has 0 radical (unpaired) electrons. The Morgan fingerprint density at radius 3 is 2.42 bits per heavy atom. The highest BCUT2D eigenvalue weighted by Gasteiger charge is 2.63. The van der Waals surface area contributed by atoms with Crippen LogP contribution in [0.4, 0.5) is 0 Å². The molecule has 12 heteroatoms. The number of nitrogens with one attached hydrogen (secondary N) is 1. The first-order valence-corrected chi connectivity index (χ1v) is 14.7. The van der Waals surface area contributed by atoms with Gasteiger partial charge in [0.1, 0.15) is 22.8 Å². The summed E-state index contributed by atoms with van der Waals surface area (Å²) in [6.45, 7) is 1.32. The van der Waals surface area contributed by atoms with E-state index in [-0.39, 0.29) is 35.6 Å². The van der Waals surface area contributed by atoms with E-state index in [9.17, 15) is 39.6 Å². The summed E-state index contributed by atoms with van der Waals surface area (Å²) in [5, 5.41) is 48.0. The van der Waals surface area contributed by atoms with Gasteiger partial charge in [-0.25, -0.2) is 0 Å². The van der Waals surface area contributed by atoms with E-state index in [0.717, 1.165) is 13.0 Å². The van der Waals surface area contributed by atoms with Crippen LogP contribution in [0.2, 0.25) is 0 Å². The summed E-state index contributed by atoms with van der Waals surface area (Å²) in [6, 6.07) is 8.84. The van der Waals surface area contributed by atoms with E-state index in [4.69, 9.17) is 5.73 Å². The number of phenols is 1. The number of phenolic OH excluding ortho intramolecular Hbond substituents is 1. The standard InChI is InChI=1S/C33H38N4O8/c1-36(2)12-6-11-35-32(44)17-8-5-7-16(13-17)19-9-10-22(38)24-20(19)14-18-15-21-26(37(3)4)28(40)25(31(34)43)30(42)33(21,45)29(41)23(18)27(24)39/h5,7-10,13,18,21,26,38,40-41,45H,6,11-12,14-15H2,1-4H3,(H2,34,43)(H,35,44)/t18-,21-,26+,33-/m0/s1. The molecule has 2 aromatic rings. The van der Waals surface area contributed by atoms with Gasteiger partial charge in [-0.15, -0.1) is 0 Å². The van der Waals surface area contributed by atoms with Crippen LogP contribution in [-0.2, 0) is 16.0 Å². The highest BCUT2D eigenvalue weighted by atomic mass is 16.3. The maximum atomic E-state index is 14.0. The number of primary amides is 1. The molecule has 0 saturated heterocycles. The molecule has 0 saturated carbocycles. The molecule has 0 unspecified atom stereocenters. The van der Waals surface area contributed by atoms with E-state index in [2.05, 4.69) is 5.32 Å². The van der Waals surface area contributed by atoms with Crippen LogP contribution < -0.4 is 11.1 Å². The molecule has 0 aliphatic heterocycles. The lowest BCUT2D eigenvalue weighted by molar-refractivity contribution is -0.148. The number of carbonyl (C=O) groups is 4. The lowest BCUT2D eigenvalue weighted by Gasteiger charge is -2.50. The van der Waals surface area contributed by atoms with E-state index >= 15 is 0 Å². The van der Waals surface area contributed by atoms with Crippen LogP contribution in [0.1, 0.15) is 39.1 Å². The first-order valence-electron chi connectivity index (χ1n) is 14.7. The van der Waals surface area contributed by atoms with Crippen LogP contribution in [0.15, 0.2) is 59.1 Å². The number of ketones is 2. The van der Waals surface area contributed by atoms with Gasteiger partial charge in [0.05, 0.1) is 11.6 Å². The summed E-state index contributed by atoms with van der Waals surface area (Å²) in [5.41, 5.74) is 3.65. The lowest BCUT2D eigenvalue weighted by atomic mass is 9.58. The van der Waals surface area contributed by atoms with Gasteiger partial charge in [0.15, 0.2) is 11.4 Å². The van der Waals surface area contributed by atoms with Crippen molar-refractivity contribution in [3.05, 3.63) is 75.8 Å². The lowest BCUT2D eigenvalue weighted by Crippen LogP contribution is -2.63. The summed E-state index contributed by atoms with van der Waals surface area (Å²) in [4.78, 5) is 56.1. The predicted octanol–water partition coefficient (Wildman–Crippen LogP) is 1.47. The average molecular weight is 619 g/mol. The molecule has 45 heavy (non-hydrogen) atoms. The van der Waals surface area contributed by atoms with Gasteiger partial charge in [-0.05, 0) is 94.8 Å². The van der Waals surface area contributed by atoms with E-state index in [1.165, 1.54) is 11.0 Å². The van der Waals surface area contributed by atoms with Crippen LogP contribution >= 0.6 is 0 Å². The van der Waals surface area contributed by atoms with Gasteiger partial charge in [0.25, 0.3) is 11.8 Å². The fourth-order valence-corrected chi connectivity index (χ4v) is 7.05. The van der Waals surface area contributed by atoms with Crippen molar-refractivity contribution in [2.45, 2.75) is 30.9 Å². The van der Waals surface area contributed by atoms with E-state index in [0.29, 0.717) is 28.8 Å². The van der Waals surface area contributed by atoms with E-state index in [1.54, 1.807) is 44.4 Å². The highest BCUT2D eigenvalue weighted by molar-refractivity contribution is 6.25. The third kappa shape index (κ3) is 5.18. The van der Waals surface area contributed by atoms with E-state index in [1.807, 2.05) is 19.0 Å². The fraction of sp³-hybridized carbons (Fsp3) is 0.394. The number of aliphatic hydroxyl groups excluding tert-OH is 2. The normalized spacial score (nSPS) is 24.5. The molecule has 0 spiro atoms. The molecular formula is C33H38N4O8. The number of carbonyl (C=O) groups excluding carboxylic acids is 4. The third-order valence-corrected chi connectivity index (χ3v) is 9.11. The van der Waals surface area contributed by atoms with Crippen LogP contribution in [0.5, 0.6) is 5.75 Å². The monoisotopic (exact) mass is 618 g/mol. The molecule has 0 heterocycles. The molecule has 4 atom stereocenters. The largest absolute Gasteiger partial charge is 0.510 e. The number of hydrogen-bond donors (Lipinski definition) is 6. The number of nitrogens with zero attached hydrogens (tertiary/aromatic N) is 2. The second-order valence-electron chi connectivity index (χ2n) is 12.4. The average Bonchev–Trinajstić information content (AvgIpc) is 2.96. The van der Waals surface area contributed by atoms with Gasteiger partial charge in [-0.1, -0.05) is 18.2 Å². The quantitative estimate of drug-likeness (QED) is 0.186. The van der Waals surface area contributed by atoms with Gasteiger partial charge < -0.3 is 36.4 Å². The maximum Gasteiger partial charge on any atom is 0.255 e. The molecule has 0 aromatic heterocycles. The molecule has 12 nitrogen and oxygen atoms in total. The Kier molecular flexibility index (Phi) is 8.34. The Hall–Kier alpha value is -4.52. The number of aliphatic hydroxyl groups is 3. The van der Waals surface area contributed by atoms with Crippen molar-refractivity contribution in [1.82, 2.24) is 15.1 Å². The number of likely N-dealkylation sites (N-methyl/N-ethyl adjacent to an activating group) is 1. The fourth-order valence-electron chi connectivity index (χ4n) is 7.05. The predicted molar refractivity (Wildman–Crippen MR) is 165 cm³/mol. The van der Waals surface area contributed by atoms with Crippen molar-refractivity contribution in [3.63, 3.8) is 0 Å². The smallest absolute Gasteiger partial charge is 0.255 e. The summed E-state index contributed by atoms with van der Waals surface area (Å²) in [7, 11) is 7.07. The molecule has 238 valence electrons. The minimum Gasteiger partial charge on any atom is -0.510 e. The molecule has 5 rings (SSSR count). The van der Waals surface area contributed by atoms with Gasteiger partial charge in [-0.3, -0.25) is 24.1 Å². The molecule has 2 amide bonds. The van der Waals surface area contributed by atoms with Crippen molar-refractivity contribution in [2.75, 3.05) is 41.3 Å². The first-order chi connectivity index (χ1) is 21.2. The third-order valence-electron chi connectivity index (χ3n) is 9.11. The zero-order chi connectivity index (χ0) is 33.0.